The number of rotatable bonds is 5. The first-order valence-corrected chi connectivity index (χ1v) is 6.76. The van der Waals surface area contributed by atoms with Gasteiger partial charge in [-0.1, -0.05) is 13.0 Å². The molecule has 0 radical (unpaired) electrons. The van der Waals surface area contributed by atoms with Crippen LogP contribution in [0.25, 0.3) is 10.4 Å². The minimum atomic E-state index is 0.0509. The summed E-state index contributed by atoms with van der Waals surface area (Å²) in [7, 11) is 0. The fraction of sp³-hybridized carbons (Fsp3) is 0.333. The topological polar surface area (TPSA) is 55.2 Å². The predicted molar refractivity (Wildman–Crippen MR) is 72.1 cm³/mol. The highest BCUT2D eigenvalue weighted by Gasteiger charge is 2.12. The number of aliphatic hydroxyl groups is 1. The molecule has 0 amide bonds. The maximum absolute atomic E-state index is 8.98. The molecule has 0 aliphatic heterocycles. The Labute approximate surface area is 114 Å². The van der Waals surface area contributed by atoms with E-state index in [0.717, 1.165) is 10.4 Å². The molecule has 2 aromatic heterocycles. The summed E-state index contributed by atoms with van der Waals surface area (Å²) in [6.45, 7) is 2.36. The Bertz CT molecular complexity index is 505. The molecule has 6 heteroatoms. The van der Waals surface area contributed by atoms with Gasteiger partial charge in [-0.15, -0.1) is 11.3 Å². The molecule has 0 saturated carbocycles. The van der Waals surface area contributed by atoms with Gasteiger partial charge in [-0.25, -0.2) is 4.98 Å². The first kappa shape index (κ1) is 13.3. The van der Waals surface area contributed by atoms with Gasteiger partial charge in [0.25, 0.3) is 0 Å². The number of halogens is 1. The van der Waals surface area contributed by atoms with E-state index in [9.17, 15) is 0 Å². The van der Waals surface area contributed by atoms with E-state index in [4.69, 9.17) is 21.4 Å². The van der Waals surface area contributed by atoms with Crippen LogP contribution in [0, 0.1) is 5.92 Å². The first-order valence-electron chi connectivity index (χ1n) is 5.50. The molecule has 0 bridgehead atoms. The summed E-state index contributed by atoms with van der Waals surface area (Å²) in [4.78, 5) is 9.09. The zero-order valence-corrected chi connectivity index (χ0v) is 11.4. The highest BCUT2D eigenvalue weighted by molar-refractivity contribution is 7.13. The van der Waals surface area contributed by atoms with Gasteiger partial charge in [-0.05, 0) is 23.0 Å². The smallest absolute Gasteiger partial charge is 0.226 e. The molecule has 0 saturated heterocycles. The summed E-state index contributed by atoms with van der Waals surface area (Å²) in [5.41, 5.74) is 0.819. The van der Waals surface area contributed by atoms with Gasteiger partial charge in [0.2, 0.25) is 11.2 Å². The second-order valence-corrected chi connectivity index (χ2v) is 5.22. The van der Waals surface area contributed by atoms with Crippen LogP contribution in [0.3, 0.4) is 0 Å². The molecule has 0 aliphatic rings. The number of aromatic nitrogens is 2. The molecule has 1 unspecified atom stereocenters. The van der Waals surface area contributed by atoms with Crippen molar-refractivity contribution < 1.29 is 9.84 Å². The molecule has 0 aromatic carbocycles. The Balaban J connectivity index is 2.24. The van der Waals surface area contributed by atoms with Gasteiger partial charge >= 0.3 is 0 Å². The van der Waals surface area contributed by atoms with E-state index in [-0.39, 0.29) is 17.8 Å². The third-order valence-corrected chi connectivity index (χ3v) is 3.41. The van der Waals surface area contributed by atoms with E-state index >= 15 is 0 Å². The van der Waals surface area contributed by atoms with Crippen molar-refractivity contribution in [2.24, 2.45) is 5.92 Å². The molecular weight excluding hydrogens is 272 g/mol. The SMILES string of the molecule is CC(CO)COc1nc(Cl)ncc1-c1cccs1. The van der Waals surface area contributed by atoms with Gasteiger partial charge in [0.15, 0.2) is 0 Å². The van der Waals surface area contributed by atoms with E-state index in [1.807, 2.05) is 24.4 Å². The van der Waals surface area contributed by atoms with E-state index in [2.05, 4.69) is 9.97 Å². The number of thiophene rings is 1. The average Bonchev–Trinajstić information content (AvgIpc) is 2.89. The van der Waals surface area contributed by atoms with Crippen LogP contribution in [0.5, 0.6) is 5.88 Å². The van der Waals surface area contributed by atoms with E-state index in [0.29, 0.717) is 12.5 Å². The molecule has 0 spiro atoms. The summed E-state index contributed by atoms with van der Waals surface area (Å²) >= 11 is 7.36. The molecule has 1 atom stereocenters. The molecule has 18 heavy (non-hydrogen) atoms. The largest absolute Gasteiger partial charge is 0.477 e. The molecule has 0 aliphatic carbocycles. The Morgan fingerprint density at radius 3 is 3.06 bits per heavy atom. The van der Waals surface area contributed by atoms with E-state index in [1.165, 1.54) is 0 Å². The zero-order valence-electron chi connectivity index (χ0n) is 9.84. The van der Waals surface area contributed by atoms with Crippen molar-refractivity contribution in [1.29, 1.82) is 0 Å². The van der Waals surface area contributed by atoms with E-state index < -0.39 is 0 Å². The molecule has 96 valence electrons. The van der Waals surface area contributed by atoms with Gasteiger partial charge < -0.3 is 9.84 Å². The molecule has 2 aromatic rings. The summed E-state index contributed by atoms with van der Waals surface area (Å²) in [5, 5.41) is 11.1. The summed E-state index contributed by atoms with van der Waals surface area (Å²) in [5.74, 6) is 0.507. The monoisotopic (exact) mass is 284 g/mol. The van der Waals surface area contributed by atoms with Crippen molar-refractivity contribution >= 4 is 22.9 Å². The maximum atomic E-state index is 8.98. The quantitative estimate of drug-likeness (QED) is 0.858. The van der Waals surface area contributed by atoms with Gasteiger partial charge in [-0.2, -0.15) is 4.98 Å². The van der Waals surface area contributed by atoms with Crippen molar-refractivity contribution in [2.45, 2.75) is 6.92 Å². The molecular formula is C12H13ClN2O2S. The summed E-state index contributed by atoms with van der Waals surface area (Å²) in [6.07, 6.45) is 1.65. The van der Waals surface area contributed by atoms with Gasteiger partial charge in [-0.3, -0.25) is 0 Å². The fourth-order valence-electron chi connectivity index (χ4n) is 1.33. The maximum Gasteiger partial charge on any atom is 0.226 e. The van der Waals surface area contributed by atoms with Crippen molar-refractivity contribution in [3.63, 3.8) is 0 Å². The van der Waals surface area contributed by atoms with Crippen molar-refractivity contribution in [3.8, 4) is 16.3 Å². The molecule has 4 nitrogen and oxygen atoms in total. The third kappa shape index (κ3) is 3.19. The molecule has 0 fully saturated rings. The molecule has 1 N–H and O–H groups in total. The first-order chi connectivity index (χ1) is 8.70. The number of ether oxygens (including phenoxy) is 1. The summed E-state index contributed by atoms with van der Waals surface area (Å²) in [6, 6.07) is 3.92. The number of hydrogen-bond donors (Lipinski definition) is 1. The Kier molecular flexibility index (Phi) is 4.52. The summed E-state index contributed by atoms with van der Waals surface area (Å²) < 4.78 is 5.61. The lowest BCUT2D eigenvalue weighted by Crippen LogP contribution is -2.13. The zero-order chi connectivity index (χ0) is 13.0. The second-order valence-electron chi connectivity index (χ2n) is 3.93. The lowest BCUT2D eigenvalue weighted by Gasteiger charge is -2.12. The third-order valence-electron chi connectivity index (χ3n) is 2.33. The Morgan fingerprint density at radius 1 is 1.56 bits per heavy atom. The van der Waals surface area contributed by atoms with Crippen molar-refractivity contribution in [1.82, 2.24) is 9.97 Å². The normalized spacial score (nSPS) is 12.4. The minimum absolute atomic E-state index is 0.0509. The standard InChI is InChI=1S/C12H13ClN2O2S/c1-8(6-16)7-17-11-9(5-14-12(13)15-11)10-3-2-4-18-10/h2-5,8,16H,6-7H2,1H3. The van der Waals surface area contributed by atoms with Crippen LogP contribution in [0.4, 0.5) is 0 Å². The Hall–Kier alpha value is -1.17. The van der Waals surface area contributed by atoms with E-state index in [1.54, 1.807) is 17.5 Å². The number of hydrogen-bond acceptors (Lipinski definition) is 5. The highest BCUT2D eigenvalue weighted by Crippen LogP contribution is 2.32. The lowest BCUT2D eigenvalue weighted by molar-refractivity contribution is 0.171. The number of nitrogens with zero attached hydrogens (tertiary/aromatic N) is 2. The average molecular weight is 285 g/mol. The van der Waals surface area contributed by atoms with Gasteiger partial charge in [0.05, 0.1) is 12.2 Å². The number of aliphatic hydroxyl groups excluding tert-OH is 1. The highest BCUT2D eigenvalue weighted by atomic mass is 35.5. The van der Waals surface area contributed by atoms with Crippen LogP contribution in [-0.2, 0) is 0 Å². The van der Waals surface area contributed by atoms with Crippen LogP contribution < -0.4 is 4.74 Å². The second kappa shape index (κ2) is 6.13. The van der Waals surface area contributed by atoms with Crippen LogP contribution in [0.15, 0.2) is 23.7 Å². The van der Waals surface area contributed by atoms with Crippen LogP contribution in [-0.4, -0.2) is 28.3 Å². The minimum Gasteiger partial charge on any atom is -0.477 e. The fourth-order valence-corrected chi connectivity index (χ4v) is 2.18. The van der Waals surface area contributed by atoms with Gasteiger partial charge in [0, 0.05) is 23.6 Å². The molecule has 2 heterocycles. The van der Waals surface area contributed by atoms with Crippen LogP contribution in [0.1, 0.15) is 6.92 Å². The molecule has 2 rings (SSSR count). The Morgan fingerprint density at radius 2 is 2.39 bits per heavy atom. The predicted octanol–water partition coefficient (Wildman–Crippen LogP) is 2.87. The van der Waals surface area contributed by atoms with Gasteiger partial charge in [0.1, 0.15) is 0 Å². The lowest BCUT2D eigenvalue weighted by atomic mass is 10.2. The van der Waals surface area contributed by atoms with Crippen LogP contribution in [0.2, 0.25) is 5.28 Å². The van der Waals surface area contributed by atoms with Crippen molar-refractivity contribution in [2.75, 3.05) is 13.2 Å². The van der Waals surface area contributed by atoms with Crippen LogP contribution >= 0.6 is 22.9 Å². The van der Waals surface area contributed by atoms with Crippen molar-refractivity contribution in [3.05, 3.63) is 29.0 Å².